The van der Waals surface area contributed by atoms with Crippen molar-refractivity contribution in [1.82, 2.24) is 19.7 Å². The van der Waals surface area contributed by atoms with Gasteiger partial charge < -0.3 is 11.1 Å². The Morgan fingerprint density at radius 3 is 2.89 bits per heavy atom. The van der Waals surface area contributed by atoms with E-state index in [-0.39, 0.29) is 0 Å². The van der Waals surface area contributed by atoms with Gasteiger partial charge in [-0.15, -0.1) is 0 Å². The van der Waals surface area contributed by atoms with E-state index in [0.29, 0.717) is 12.4 Å². The van der Waals surface area contributed by atoms with E-state index in [1.807, 2.05) is 42.5 Å². The Morgan fingerprint density at radius 2 is 2.00 bits per heavy atom. The molecule has 131 valence electrons. The van der Waals surface area contributed by atoms with Crippen LogP contribution in [0.5, 0.6) is 0 Å². The first-order valence-electron chi connectivity index (χ1n) is 8.69. The quantitative estimate of drug-likeness (QED) is 0.457. The number of para-hydroxylation sites is 1. The molecule has 27 heavy (non-hydrogen) atoms. The van der Waals surface area contributed by atoms with Gasteiger partial charge in [-0.05, 0) is 48.5 Å². The Hall–Kier alpha value is -3.80. The van der Waals surface area contributed by atoms with Crippen LogP contribution in [0, 0.1) is 6.07 Å². The second-order valence-electron chi connectivity index (χ2n) is 6.36. The SMILES string of the molecule is Nc1n[nH]c2ccc(-n3c(CNc4ccccc4)cc4[c]ccnc43)cc12. The molecule has 4 N–H and O–H groups in total. The van der Waals surface area contributed by atoms with E-state index in [0.717, 1.165) is 39.0 Å². The van der Waals surface area contributed by atoms with Crippen LogP contribution in [-0.2, 0) is 6.54 Å². The number of nitrogens with two attached hydrogens (primary N) is 1. The van der Waals surface area contributed by atoms with Crippen molar-refractivity contribution in [3.05, 3.63) is 78.6 Å². The van der Waals surface area contributed by atoms with Crippen molar-refractivity contribution in [2.24, 2.45) is 0 Å². The number of pyridine rings is 1. The molecule has 3 heterocycles. The Bertz CT molecular complexity index is 1240. The summed E-state index contributed by atoms with van der Waals surface area (Å²) in [5, 5.41) is 12.4. The van der Waals surface area contributed by atoms with Gasteiger partial charge in [0.1, 0.15) is 5.65 Å². The topological polar surface area (TPSA) is 84.5 Å². The van der Waals surface area contributed by atoms with Crippen LogP contribution in [0.2, 0.25) is 0 Å². The maximum Gasteiger partial charge on any atom is 0.153 e. The highest BCUT2D eigenvalue weighted by atomic mass is 15.2. The number of rotatable bonds is 4. The van der Waals surface area contributed by atoms with E-state index in [1.54, 1.807) is 6.20 Å². The predicted octanol–water partition coefficient (Wildman–Crippen LogP) is 3.90. The molecular formula is C21H17N6. The largest absolute Gasteiger partial charge is 0.382 e. The van der Waals surface area contributed by atoms with Crippen molar-refractivity contribution in [2.45, 2.75) is 6.54 Å². The molecule has 6 heteroatoms. The number of nitrogens with one attached hydrogen (secondary N) is 2. The molecule has 0 aliphatic heterocycles. The monoisotopic (exact) mass is 353 g/mol. The van der Waals surface area contributed by atoms with E-state index >= 15 is 0 Å². The molecule has 0 amide bonds. The summed E-state index contributed by atoms with van der Waals surface area (Å²) in [6.45, 7) is 0.660. The minimum absolute atomic E-state index is 0.492. The van der Waals surface area contributed by atoms with Gasteiger partial charge >= 0.3 is 0 Å². The maximum absolute atomic E-state index is 6.00. The highest BCUT2D eigenvalue weighted by Gasteiger charge is 2.13. The van der Waals surface area contributed by atoms with Gasteiger partial charge in [0.15, 0.2) is 5.82 Å². The number of hydrogen-bond donors (Lipinski definition) is 3. The third-order valence-electron chi connectivity index (χ3n) is 4.64. The molecule has 2 aromatic carbocycles. The fraction of sp³-hybridized carbons (Fsp3) is 0.0476. The van der Waals surface area contributed by atoms with Crippen molar-refractivity contribution < 1.29 is 0 Å². The van der Waals surface area contributed by atoms with Crippen molar-refractivity contribution in [3.8, 4) is 5.69 Å². The van der Waals surface area contributed by atoms with Crippen LogP contribution < -0.4 is 11.1 Å². The minimum Gasteiger partial charge on any atom is -0.382 e. The number of nitrogens with zero attached hydrogens (tertiary/aromatic N) is 3. The third-order valence-corrected chi connectivity index (χ3v) is 4.64. The Kier molecular flexibility index (Phi) is 3.53. The Morgan fingerprint density at radius 1 is 1.11 bits per heavy atom. The minimum atomic E-state index is 0.492. The Labute approximate surface area is 155 Å². The van der Waals surface area contributed by atoms with Crippen LogP contribution in [0.1, 0.15) is 5.69 Å². The lowest BCUT2D eigenvalue weighted by Crippen LogP contribution is -2.06. The lowest BCUT2D eigenvalue weighted by atomic mass is 10.2. The molecule has 0 unspecified atom stereocenters. The zero-order chi connectivity index (χ0) is 18.2. The van der Waals surface area contributed by atoms with Gasteiger partial charge in [-0.2, -0.15) is 5.10 Å². The summed E-state index contributed by atoms with van der Waals surface area (Å²) in [6, 6.07) is 23.4. The lowest BCUT2D eigenvalue weighted by molar-refractivity contribution is 0.957. The van der Waals surface area contributed by atoms with Crippen molar-refractivity contribution in [1.29, 1.82) is 0 Å². The van der Waals surface area contributed by atoms with Gasteiger partial charge in [0.05, 0.1) is 12.1 Å². The van der Waals surface area contributed by atoms with Crippen molar-refractivity contribution in [2.75, 3.05) is 11.1 Å². The summed E-state index contributed by atoms with van der Waals surface area (Å²) in [7, 11) is 0. The number of fused-ring (bicyclic) bond motifs is 2. The fourth-order valence-corrected chi connectivity index (χ4v) is 3.35. The summed E-state index contributed by atoms with van der Waals surface area (Å²) < 4.78 is 2.13. The Balaban J connectivity index is 1.63. The van der Waals surface area contributed by atoms with Crippen LogP contribution in [-0.4, -0.2) is 19.7 Å². The predicted molar refractivity (Wildman–Crippen MR) is 108 cm³/mol. The van der Waals surface area contributed by atoms with Gasteiger partial charge in [0, 0.05) is 34.0 Å². The van der Waals surface area contributed by atoms with E-state index in [2.05, 4.69) is 49.3 Å². The zero-order valence-corrected chi connectivity index (χ0v) is 14.5. The number of nitrogen functional groups attached to an aromatic ring is 1. The summed E-state index contributed by atoms with van der Waals surface area (Å²) in [6.07, 6.45) is 1.76. The summed E-state index contributed by atoms with van der Waals surface area (Å²) in [5.41, 5.74) is 10.9. The number of benzene rings is 2. The molecule has 5 aromatic rings. The molecule has 0 saturated carbocycles. The first kappa shape index (κ1) is 15.5. The lowest BCUT2D eigenvalue weighted by Gasteiger charge is -2.12. The normalized spacial score (nSPS) is 11.3. The molecule has 0 bridgehead atoms. The van der Waals surface area contributed by atoms with Crippen LogP contribution in [0.15, 0.2) is 66.9 Å². The average Bonchev–Trinajstić information content (AvgIpc) is 3.27. The number of aromatic nitrogens is 4. The molecular weight excluding hydrogens is 336 g/mol. The molecule has 0 spiro atoms. The van der Waals surface area contributed by atoms with Crippen LogP contribution in [0.25, 0.3) is 27.6 Å². The van der Waals surface area contributed by atoms with E-state index in [1.165, 1.54) is 0 Å². The highest BCUT2D eigenvalue weighted by molar-refractivity contribution is 5.91. The number of H-pyrrole nitrogens is 1. The molecule has 0 saturated heterocycles. The van der Waals surface area contributed by atoms with Crippen LogP contribution >= 0.6 is 0 Å². The van der Waals surface area contributed by atoms with Crippen LogP contribution in [0.3, 0.4) is 0 Å². The van der Waals surface area contributed by atoms with Crippen LogP contribution in [0.4, 0.5) is 11.5 Å². The molecule has 0 atom stereocenters. The highest BCUT2D eigenvalue weighted by Crippen LogP contribution is 2.27. The third kappa shape index (κ3) is 2.67. The molecule has 0 aliphatic rings. The molecule has 1 radical (unpaired) electrons. The summed E-state index contributed by atoms with van der Waals surface area (Å²) >= 11 is 0. The van der Waals surface area contributed by atoms with Gasteiger partial charge in [-0.3, -0.25) is 9.67 Å². The van der Waals surface area contributed by atoms with Gasteiger partial charge in [0.2, 0.25) is 0 Å². The standard InChI is InChI=1S/C21H17N6/c22-20-18-12-16(8-9-19(18)25-26-20)27-17(11-14-5-4-10-23-21(14)27)13-24-15-6-2-1-3-7-15/h1-4,6-12,24H,13H2,(H3,22,25,26). The number of aromatic amines is 1. The second-order valence-corrected chi connectivity index (χ2v) is 6.36. The summed E-state index contributed by atoms with van der Waals surface area (Å²) in [5.74, 6) is 0.492. The van der Waals surface area contributed by atoms with Crippen molar-refractivity contribution >= 4 is 33.4 Å². The maximum atomic E-state index is 6.00. The van der Waals surface area contributed by atoms with E-state index in [4.69, 9.17) is 5.73 Å². The van der Waals surface area contributed by atoms with E-state index in [9.17, 15) is 0 Å². The molecule has 6 nitrogen and oxygen atoms in total. The first-order valence-corrected chi connectivity index (χ1v) is 8.69. The second kappa shape index (κ2) is 6.17. The van der Waals surface area contributed by atoms with Gasteiger partial charge in [-0.1, -0.05) is 18.2 Å². The first-order chi connectivity index (χ1) is 13.3. The number of hydrogen-bond acceptors (Lipinski definition) is 4. The number of anilines is 2. The zero-order valence-electron chi connectivity index (χ0n) is 14.5. The molecule has 5 rings (SSSR count). The smallest absolute Gasteiger partial charge is 0.153 e. The molecule has 0 aliphatic carbocycles. The molecule has 3 aromatic heterocycles. The average molecular weight is 353 g/mol. The van der Waals surface area contributed by atoms with Crippen molar-refractivity contribution in [3.63, 3.8) is 0 Å². The van der Waals surface area contributed by atoms with Gasteiger partial charge in [-0.25, -0.2) is 4.98 Å². The summed E-state index contributed by atoms with van der Waals surface area (Å²) in [4.78, 5) is 4.57. The van der Waals surface area contributed by atoms with Gasteiger partial charge in [0.25, 0.3) is 0 Å². The molecule has 0 fully saturated rings. The fourth-order valence-electron chi connectivity index (χ4n) is 3.35. The van der Waals surface area contributed by atoms with E-state index < -0.39 is 0 Å².